The summed E-state index contributed by atoms with van der Waals surface area (Å²) in [6.45, 7) is 0.252. The second-order valence-electron chi connectivity index (χ2n) is 7.44. The summed E-state index contributed by atoms with van der Waals surface area (Å²) in [5.41, 5.74) is 1.90. The molecule has 1 atom stereocenters. The fraction of sp³-hybridized carbons (Fsp3) is 0.0909. The molecule has 0 spiro atoms. The number of anilines is 1. The largest absolute Gasteiger partial charge is 0.372 e. The van der Waals surface area contributed by atoms with Gasteiger partial charge in [-0.3, -0.25) is 4.79 Å². The number of aliphatic hydroxyl groups is 1. The molecule has 1 aliphatic heterocycles. The Morgan fingerprint density at radius 2 is 1.81 bits per heavy atom. The monoisotopic (exact) mass is 434 g/mol. The summed E-state index contributed by atoms with van der Waals surface area (Å²) in [4.78, 5) is 22.2. The number of primary sulfonamides is 1. The van der Waals surface area contributed by atoms with Gasteiger partial charge in [-0.15, -0.1) is 0 Å². The molecule has 1 unspecified atom stereocenters. The lowest BCUT2D eigenvalue weighted by atomic mass is 9.87. The van der Waals surface area contributed by atoms with Crippen LogP contribution in [0.5, 0.6) is 0 Å². The number of rotatable bonds is 4. The van der Waals surface area contributed by atoms with Gasteiger partial charge in [0.1, 0.15) is 0 Å². The van der Waals surface area contributed by atoms with E-state index in [1.807, 2.05) is 18.2 Å². The van der Waals surface area contributed by atoms with Crippen LogP contribution in [0.2, 0.25) is 0 Å². The van der Waals surface area contributed by atoms with Gasteiger partial charge in [-0.05, 0) is 41.5 Å². The van der Waals surface area contributed by atoms with E-state index in [1.54, 1.807) is 30.6 Å². The average Bonchev–Trinajstić information content (AvgIpc) is 3.31. The van der Waals surface area contributed by atoms with Crippen molar-refractivity contribution in [3.8, 4) is 0 Å². The average molecular weight is 434 g/mol. The lowest BCUT2D eigenvalue weighted by Gasteiger charge is -2.24. The summed E-state index contributed by atoms with van der Waals surface area (Å²) in [5.74, 6) is -0.512. The number of nitrogens with one attached hydrogen (secondary N) is 1. The molecular formula is C22H18N4O4S. The summed E-state index contributed by atoms with van der Waals surface area (Å²) >= 11 is 0. The van der Waals surface area contributed by atoms with Crippen molar-refractivity contribution >= 4 is 32.7 Å². The first-order valence-electron chi connectivity index (χ1n) is 9.48. The Hall–Kier alpha value is -3.53. The Kier molecular flexibility index (Phi) is 4.23. The highest BCUT2D eigenvalue weighted by atomic mass is 32.2. The summed E-state index contributed by atoms with van der Waals surface area (Å²) < 4.78 is 23.1. The minimum atomic E-state index is -3.89. The lowest BCUT2D eigenvalue weighted by molar-refractivity contribution is -0.132. The molecule has 0 bridgehead atoms. The third kappa shape index (κ3) is 3.02. The zero-order valence-electron chi connectivity index (χ0n) is 16.2. The number of aromatic nitrogens is 2. The number of imidazole rings is 1. The van der Waals surface area contributed by atoms with Crippen molar-refractivity contribution in [2.45, 2.75) is 17.0 Å². The standard InChI is InChI=1S/C22H18N4O4S/c23-31(29,30)16-8-6-15(7-9-16)22(28)17-3-1-2-4-20(17)26(21(22)27)12-14-5-10-18-19(11-14)25-13-24-18/h1-11,13,28H,12H2,(H,24,25)(H2,23,29,30). The first kappa shape index (κ1) is 19.4. The van der Waals surface area contributed by atoms with Crippen LogP contribution < -0.4 is 10.0 Å². The van der Waals surface area contributed by atoms with Gasteiger partial charge < -0.3 is 15.0 Å². The maximum atomic E-state index is 13.5. The predicted octanol–water partition coefficient (Wildman–Crippen LogP) is 1.99. The molecule has 3 aromatic carbocycles. The molecule has 2 heterocycles. The van der Waals surface area contributed by atoms with Crippen LogP contribution in [-0.2, 0) is 27.0 Å². The van der Waals surface area contributed by atoms with Crippen LogP contribution in [0.1, 0.15) is 16.7 Å². The van der Waals surface area contributed by atoms with Crippen LogP contribution in [-0.4, -0.2) is 29.4 Å². The number of hydrogen-bond donors (Lipinski definition) is 3. The van der Waals surface area contributed by atoms with Gasteiger partial charge in [-0.2, -0.15) is 0 Å². The van der Waals surface area contributed by atoms with Gasteiger partial charge in [-0.1, -0.05) is 36.4 Å². The minimum Gasteiger partial charge on any atom is -0.372 e. The summed E-state index contributed by atoms with van der Waals surface area (Å²) in [6, 6.07) is 18.1. The fourth-order valence-electron chi connectivity index (χ4n) is 4.02. The third-order valence-electron chi connectivity index (χ3n) is 5.57. The molecule has 8 nitrogen and oxygen atoms in total. The molecular weight excluding hydrogens is 416 g/mol. The van der Waals surface area contributed by atoms with Crippen molar-refractivity contribution in [3.63, 3.8) is 0 Å². The summed E-state index contributed by atoms with van der Waals surface area (Å²) in [5, 5.41) is 16.7. The second kappa shape index (κ2) is 6.74. The molecule has 0 fully saturated rings. The van der Waals surface area contributed by atoms with Gasteiger partial charge in [0.15, 0.2) is 5.60 Å². The molecule has 31 heavy (non-hydrogen) atoms. The highest BCUT2D eigenvalue weighted by molar-refractivity contribution is 7.89. The van der Waals surface area contributed by atoms with Gasteiger partial charge in [-0.25, -0.2) is 18.5 Å². The molecule has 5 rings (SSSR count). The van der Waals surface area contributed by atoms with Crippen LogP contribution in [0.4, 0.5) is 5.69 Å². The molecule has 0 saturated carbocycles. The van der Waals surface area contributed by atoms with Crippen molar-refractivity contribution in [1.29, 1.82) is 0 Å². The first-order chi connectivity index (χ1) is 14.8. The quantitative estimate of drug-likeness (QED) is 0.452. The number of nitrogens with zero attached hydrogens (tertiary/aromatic N) is 2. The van der Waals surface area contributed by atoms with Crippen LogP contribution in [0.3, 0.4) is 0 Å². The van der Waals surface area contributed by atoms with Crippen molar-refractivity contribution in [2.75, 3.05) is 4.90 Å². The first-order valence-corrected chi connectivity index (χ1v) is 11.0. The van der Waals surface area contributed by atoms with Gasteiger partial charge in [0, 0.05) is 5.56 Å². The number of hydrogen-bond acceptors (Lipinski definition) is 5. The number of fused-ring (bicyclic) bond motifs is 2. The van der Waals surface area contributed by atoms with Crippen molar-refractivity contribution in [2.24, 2.45) is 5.14 Å². The van der Waals surface area contributed by atoms with Crippen molar-refractivity contribution < 1.29 is 18.3 Å². The van der Waals surface area contributed by atoms with E-state index in [0.717, 1.165) is 16.6 Å². The Morgan fingerprint density at radius 1 is 1.06 bits per heavy atom. The fourth-order valence-corrected chi connectivity index (χ4v) is 4.54. The summed E-state index contributed by atoms with van der Waals surface area (Å²) in [6.07, 6.45) is 1.61. The molecule has 4 aromatic rings. The zero-order valence-corrected chi connectivity index (χ0v) is 17.0. The van der Waals surface area contributed by atoms with E-state index in [4.69, 9.17) is 5.14 Å². The molecule has 1 amide bonds. The molecule has 4 N–H and O–H groups in total. The van der Waals surface area contributed by atoms with Crippen molar-refractivity contribution in [3.05, 3.63) is 89.7 Å². The van der Waals surface area contributed by atoms with Crippen LogP contribution in [0.25, 0.3) is 11.0 Å². The number of carbonyl (C=O) groups excluding carboxylic acids is 1. The highest BCUT2D eigenvalue weighted by Crippen LogP contribution is 2.45. The number of amides is 1. The van der Waals surface area contributed by atoms with E-state index in [9.17, 15) is 18.3 Å². The van der Waals surface area contributed by atoms with Gasteiger partial charge >= 0.3 is 0 Å². The molecule has 1 aromatic heterocycles. The molecule has 9 heteroatoms. The molecule has 156 valence electrons. The number of H-pyrrole nitrogens is 1. The van der Waals surface area contributed by atoms with E-state index in [-0.39, 0.29) is 17.0 Å². The van der Waals surface area contributed by atoms with Crippen molar-refractivity contribution in [1.82, 2.24) is 9.97 Å². The highest BCUT2D eigenvalue weighted by Gasteiger charge is 2.50. The van der Waals surface area contributed by atoms with Crippen LogP contribution >= 0.6 is 0 Å². The lowest BCUT2D eigenvalue weighted by Crippen LogP contribution is -2.40. The third-order valence-corrected chi connectivity index (χ3v) is 6.49. The van der Waals surface area contributed by atoms with Gasteiger partial charge in [0.25, 0.3) is 5.91 Å². The molecule has 0 aliphatic carbocycles. The Bertz CT molecular complexity index is 1430. The van der Waals surface area contributed by atoms with Gasteiger partial charge in [0.2, 0.25) is 10.0 Å². The topological polar surface area (TPSA) is 129 Å². The minimum absolute atomic E-state index is 0.0942. The normalized spacial score (nSPS) is 18.5. The van der Waals surface area contributed by atoms with Crippen LogP contribution in [0, 0.1) is 0 Å². The maximum Gasteiger partial charge on any atom is 0.268 e. The van der Waals surface area contributed by atoms with E-state index < -0.39 is 21.5 Å². The number of nitrogens with two attached hydrogens (primary N) is 1. The SMILES string of the molecule is NS(=O)(=O)c1ccc(C2(O)C(=O)N(Cc3ccc4nc[nH]c4c3)c3ccccc32)cc1. The predicted molar refractivity (Wildman–Crippen MR) is 115 cm³/mol. The molecule has 1 aliphatic rings. The van der Waals surface area contributed by atoms with E-state index in [0.29, 0.717) is 11.3 Å². The zero-order chi connectivity index (χ0) is 21.8. The summed E-state index contributed by atoms with van der Waals surface area (Å²) in [7, 11) is -3.89. The van der Waals surface area contributed by atoms with Crippen LogP contribution in [0.15, 0.2) is 78.0 Å². The van der Waals surface area contributed by atoms with E-state index in [1.165, 1.54) is 29.2 Å². The number of aromatic amines is 1. The Balaban J connectivity index is 1.57. The van der Waals surface area contributed by atoms with Gasteiger partial charge in [0.05, 0.1) is 34.5 Å². The van der Waals surface area contributed by atoms with E-state index >= 15 is 0 Å². The Labute approximate surface area is 178 Å². The number of para-hydroxylation sites is 1. The molecule has 0 radical (unpaired) electrons. The second-order valence-corrected chi connectivity index (χ2v) is 9.00. The number of benzene rings is 3. The molecule has 0 saturated heterocycles. The Morgan fingerprint density at radius 3 is 2.55 bits per heavy atom. The number of carbonyl (C=O) groups is 1. The number of sulfonamides is 1. The maximum absolute atomic E-state index is 13.5. The van der Waals surface area contributed by atoms with E-state index in [2.05, 4.69) is 9.97 Å². The smallest absolute Gasteiger partial charge is 0.268 e.